The minimum atomic E-state index is -1.87. The molecule has 1 N–H and O–H groups in total. The van der Waals surface area contributed by atoms with Gasteiger partial charge in [-0.25, -0.2) is 0 Å². The fourth-order valence-corrected chi connectivity index (χ4v) is 1.75. The van der Waals surface area contributed by atoms with Gasteiger partial charge >= 0.3 is 23.9 Å². The van der Waals surface area contributed by atoms with Gasteiger partial charge < -0.3 is 28.8 Å². The lowest BCUT2D eigenvalue weighted by atomic mass is 10.0. The van der Waals surface area contributed by atoms with E-state index in [1.807, 2.05) is 0 Å². The first kappa shape index (κ1) is 21.5. The highest BCUT2D eigenvalue weighted by molar-refractivity contribution is 5.69. The number of aliphatic hydroxyl groups excluding tert-OH is 1. The number of carbonyl (C=O) groups is 5. The maximum Gasteiger partial charge on any atom is 0.303 e. The van der Waals surface area contributed by atoms with Crippen LogP contribution in [0.15, 0.2) is 0 Å². The molecular formula is C14H20O10. The predicted octanol–water partition coefficient (Wildman–Crippen LogP) is -1.10. The zero-order valence-corrected chi connectivity index (χ0v) is 13.7. The monoisotopic (exact) mass is 348 g/mol. The number of ether oxygens (including phenoxy) is 4. The van der Waals surface area contributed by atoms with Gasteiger partial charge in [0.15, 0.2) is 24.6 Å². The van der Waals surface area contributed by atoms with Crippen molar-refractivity contribution in [2.24, 2.45) is 0 Å². The van der Waals surface area contributed by atoms with Crippen molar-refractivity contribution >= 4 is 30.2 Å². The van der Waals surface area contributed by atoms with Gasteiger partial charge in [0.05, 0.1) is 0 Å². The van der Waals surface area contributed by atoms with Gasteiger partial charge in [-0.1, -0.05) is 0 Å². The van der Waals surface area contributed by atoms with Crippen LogP contribution in [-0.2, 0) is 42.9 Å². The van der Waals surface area contributed by atoms with Crippen LogP contribution in [-0.4, -0.2) is 66.3 Å². The van der Waals surface area contributed by atoms with E-state index in [1.165, 1.54) is 0 Å². The summed E-state index contributed by atoms with van der Waals surface area (Å²) in [7, 11) is 0. The van der Waals surface area contributed by atoms with Crippen molar-refractivity contribution in [2.75, 3.05) is 6.61 Å². The van der Waals surface area contributed by atoms with Crippen molar-refractivity contribution in [1.29, 1.82) is 0 Å². The van der Waals surface area contributed by atoms with E-state index in [-0.39, 0.29) is 6.29 Å². The summed E-state index contributed by atoms with van der Waals surface area (Å²) in [5.41, 5.74) is 0. The fraction of sp³-hybridized carbons (Fsp3) is 0.643. The number of hydrogen-bond acceptors (Lipinski definition) is 10. The zero-order valence-electron chi connectivity index (χ0n) is 13.7. The molecule has 0 aliphatic heterocycles. The lowest BCUT2D eigenvalue weighted by Crippen LogP contribution is -2.52. The van der Waals surface area contributed by atoms with Gasteiger partial charge in [-0.15, -0.1) is 0 Å². The molecule has 0 aliphatic carbocycles. The van der Waals surface area contributed by atoms with Crippen molar-refractivity contribution in [3.63, 3.8) is 0 Å². The molecule has 4 atom stereocenters. The summed E-state index contributed by atoms with van der Waals surface area (Å²) < 4.78 is 19.4. The standard InChI is InChI=1S/C14H20O10/c1-7(16)21-6-12(22-8(2)17)14(24-10(4)19)13(11(20)5-15)23-9(3)18/h5,11-14,20H,6H2,1-4H3/t11-,12+,13+,14-/m0/s1. The van der Waals surface area contributed by atoms with Crippen LogP contribution in [0.4, 0.5) is 0 Å². The molecule has 0 rings (SSSR count). The summed E-state index contributed by atoms with van der Waals surface area (Å²) >= 11 is 0. The number of rotatable bonds is 9. The number of aldehydes is 1. The third-order valence-electron chi connectivity index (χ3n) is 2.54. The normalized spacial score (nSPS) is 15.2. The Morgan fingerprint density at radius 1 is 0.833 bits per heavy atom. The average molecular weight is 348 g/mol. The number of esters is 4. The Morgan fingerprint density at radius 2 is 1.29 bits per heavy atom. The Bertz CT molecular complexity index is 486. The molecule has 0 spiro atoms. The van der Waals surface area contributed by atoms with E-state index in [4.69, 9.17) is 18.9 Å². The molecule has 0 aromatic rings. The van der Waals surface area contributed by atoms with Crippen LogP contribution in [0.3, 0.4) is 0 Å². The summed E-state index contributed by atoms with van der Waals surface area (Å²) in [5, 5.41) is 9.73. The first-order valence-electron chi connectivity index (χ1n) is 6.86. The largest absolute Gasteiger partial charge is 0.462 e. The Kier molecular flexibility index (Phi) is 9.25. The molecule has 0 radical (unpaired) electrons. The molecule has 0 saturated carbocycles. The van der Waals surface area contributed by atoms with Crippen LogP contribution in [0.25, 0.3) is 0 Å². The average Bonchev–Trinajstić information content (AvgIpc) is 2.45. The van der Waals surface area contributed by atoms with Gasteiger partial charge in [-0.2, -0.15) is 0 Å². The number of hydrogen-bond donors (Lipinski definition) is 1. The van der Waals surface area contributed by atoms with Gasteiger partial charge in [0.1, 0.15) is 12.7 Å². The first-order valence-corrected chi connectivity index (χ1v) is 6.86. The quantitative estimate of drug-likeness (QED) is 0.310. The number of carbonyl (C=O) groups excluding carboxylic acids is 5. The SMILES string of the molecule is CC(=O)OC[C@@H](OC(C)=O)[C@H](OC(C)=O)[C@H](OC(C)=O)[C@@H](O)C=O. The molecule has 0 heterocycles. The highest BCUT2D eigenvalue weighted by Crippen LogP contribution is 2.17. The van der Waals surface area contributed by atoms with E-state index in [2.05, 4.69) is 0 Å². The van der Waals surface area contributed by atoms with Crippen LogP contribution in [0.5, 0.6) is 0 Å². The fourth-order valence-electron chi connectivity index (χ4n) is 1.75. The van der Waals surface area contributed by atoms with E-state index in [9.17, 15) is 29.1 Å². The molecule has 0 unspecified atom stereocenters. The molecule has 0 aromatic carbocycles. The van der Waals surface area contributed by atoms with Crippen molar-refractivity contribution in [1.82, 2.24) is 0 Å². The summed E-state index contributed by atoms with van der Waals surface area (Å²) in [6, 6.07) is 0. The predicted molar refractivity (Wildman–Crippen MR) is 75.4 cm³/mol. The molecule has 0 amide bonds. The van der Waals surface area contributed by atoms with Crippen molar-refractivity contribution in [3.8, 4) is 0 Å². The van der Waals surface area contributed by atoms with E-state index in [1.54, 1.807) is 0 Å². The van der Waals surface area contributed by atoms with Gasteiger partial charge in [0.2, 0.25) is 0 Å². The maximum atomic E-state index is 11.3. The van der Waals surface area contributed by atoms with Gasteiger partial charge in [-0.05, 0) is 0 Å². The second-order valence-electron chi connectivity index (χ2n) is 4.73. The minimum Gasteiger partial charge on any atom is -0.462 e. The van der Waals surface area contributed by atoms with Crippen molar-refractivity contribution in [2.45, 2.75) is 52.1 Å². The van der Waals surface area contributed by atoms with Crippen LogP contribution in [0.2, 0.25) is 0 Å². The molecule has 0 saturated heterocycles. The minimum absolute atomic E-state index is 0.0563. The number of aliphatic hydroxyl groups is 1. The summed E-state index contributed by atoms with van der Waals surface area (Å²) in [5.74, 6) is -3.28. The van der Waals surface area contributed by atoms with E-state index >= 15 is 0 Å². The van der Waals surface area contributed by atoms with Gasteiger partial charge in [-0.3, -0.25) is 19.2 Å². The Balaban J connectivity index is 5.67. The third kappa shape index (κ3) is 8.22. The van der Waals surface area contributed by atoms with Crippen molar-refractivity contribution < 1.29 is 48.0 Å². The molecular weight excluding hydrogens is 328 g/mol. The zero-order chi connectivity index (χ0) is 18.9. The Hall–Kier alpha value is -2.49. The molecule has 24 heavy (non-hydrogen) atoms. The van der Waals surface area contributed by atoms with E-state index in [0.29, 0.717) is 0 Å². The maximum absolute atomic E-state index is 11.3. The molecule has 0 aromatic heterocycles. The third-order valence-corrected chi connectivity index (χ3v) is 2.54. The molecule has 0 bridgehead atoms. The summed E-state index contributed by atoms with van der Waals surface area (Å²) in [4.78, 5) is 55.5. The van der Waals surface area contributed by atoms with Crippen LogP contribution in [0.1, 0.15) is 27.7 Å². The Labute approximate surface area is 138 Å². The molecule has 0 aliphatic rings. The van der Waals surface area contributed by atoms with E-state index in [0.717, 1.165) is 27.7 Å². The Morgan fingerprint density at radius 3 is 1.67 bits per heavy atom. The lowest BCUT2D eigenvalue weighted by molar-refractivity contribution is -0.197. The smallest absolute Gasteiger partial charge is 0.303 e. The van der Waals surface area contributed by atoms with Gasteiger partial charge in [0.25, 0.3) is 0 Å². The van der Waals surface area contributed by atoms with Crippen molar-refractivity contribution in [3.05, 3.63) is 0 Å². The molecule has 0 fully saturated rings. The highest BCUT2D eigenvalue weighted by atomic mass is 16.6. The summed E-state index contributed by atoms with van der Waals surface area (Å²) in [6.07, 6.45) is -6.46. The van der Waals surface area contributed by atoms with Gasteiger partial charge in [0, 0.05) is 27.7 Å². The molecule has 136 valence electrons. The second-order valence-corrected chi connectivity index (χ2v) is 4.73. The van der Waals surface area contributed by atoms with Crippen LogP contribution in [0, 0.1) is 0 Å². The van der Waals surface area contributed by atoms with Crippen LogP contribution >= 0.6 is 0 Å². The molecule has 10 heteroatoms. The van der Waals surface area contributed by atoms with E-state index < -0.39 is 54.9 Å². The van der Waals surface area contributed by atoms with Crippen LogP contribution < -0.4 is 0 Å². The summed E-state index contributed by atoms with van der Waals surface area (Å²) in [6.45, 7) is 3.61. The first-order chi connectivity index (χ1) is 11.1. The molecule has 10 nitrogen and oxygen atoms in total. The lowest BCUT2D eigenvalue weighted by Gasteiger charge is -2.32. The topological polar surface area (TPSA) is 143 Å². The second kappa shape index (κ2) is 10.3. The highest BCUT2D eigenvalue weighted by Gasteiger charge is 2.41.